The number of nitriles is 1. The van der Waals surface area contributed by atoms with E-state index in [1.807, 2.05) is 24.3 Å². The van der Waals surface area contributed by atoms with Crippen LogP contribution in [0.15, 0.2) is 30.6 Å². The summed E-state index contributed by atoms with van der Waals surface area (Å²) in [5.74, 6) is -0.598. The second-order valence-corrected chi connectivity index (χ2v) is 4.42. The fourth-order valence-electron chi connectivity index (χ4n) is 2.19. The first kappa shape index (κ1) is 12.7. The van der Waals surface area contributed by atoms with Crippen LogP contribution in [-0.2, 0) is 4.74 Å². The Bertz CT molecular complexity index is 885. The van der Waals surface area contributed by atoms with Crippen LogP contribution < -0.4 is 5.73 Å². The predicted molar refractivity (Wildman–Crippen MR) is 75.9 cm³/mol. The Balaban J connectivity index is 2.25. The number of nitrogens with one attached hydrogen (secondary N) is 1. The lowest BCUT2D eigenvalue weighted by atomic mass is 10.2. The van der Waals surface area contributed by atoms with E-state index in [1.54, 1.807) is 10.8 Å². The van der Waals surface area contributed by atoms with Crippen molar-refractivity contribution in [1.82, 2.24) is 14.8 Å². The minimum atomic E-state index is -0.598. The summed E-state index contributed by atoms with van der Waals surface area (Å²) in [5, 5.41) is 16.8. The number of hydrogen-bond donors (Lipinski definition) is 2. The van der Waals surface area contributed by atoms with Crippen molar-refractivity contribution >= 4 is 22.6 Å². The quantitative estimate of drug-likeness (QED) is 0.693. The molecule has 0 aliphatic carbocycles. The Morgan fingerprint density at radius 2 is 2.33 bits per heavy atom. The second-order valence-electron chi connectivity index (χ2n) is 4.42. The van der Waals surface area contributed by atoms with Gasteiger partial charge in [0.05, 0.1) is 30.1 Å². The molecule has 2 heterocycles. The van der Waals surface area contributed by atoms with Crippen molar-refractivity contribution in [1.29, 1.82) is 5.26 Å². The molecule has 7 heteroatoms. The molecule has 21 heavy (non-hydrogen) atoms. The van der Waals surface area contributed by atoms with Gasteiger partial charge >= 0.3 is 5.97 Å². The van der Waals surface area contributed by atoms with Gasteiger partial charge in [-0.05, 0) is 18.2 Å². The summed E-state index contributed by atoms with van der Waals surface area (Å²) in [6.07, 6.45) is 3.21. The molecule has 0 amide bonds. The summed E-state index contributed by atoms with van der Waals surface area (Å²) >= 11 is 0. The van der Waals surface area contributed by atoms with Crippen LogP contribution in [0, 0.1) is 11.3 Å². The minimum absolute atomic E-state index is 0.106. The van der Waals surface area contributed by atoms with Crippen molar-refractivity contribution in [2.75, 3.05) is 12.8 Å². The van der Waals surface area contributed by atoms with E-state index >= 15 is 0 Å². The monoisotopic (exact) mass is 281 g/mol. The number of aromatic amines is 1. The van der Waals surface area contributed by atoms with E-state index < -0.39 is 5.97 Å². The highest BCUT2D eigenvalue weighted by Gasteiger charge is 2.21. The highest BCUT2D eigenvalue weighted by Crippen LogP contribution is 2.26. The third-order valence-corrected chi connectivity index (χ3v) is 3.25. The van der Waals surface area contributed by atoms with E-state index in [2.05, 4.69) is 10.2 Å². The van der Waals surface area contributed by atoms with Crippen molar-refractivity contribution in [3.63, 3.8) is 0 Å². The fraction of sp³-hybridized carbons (Fsp3) is 0.0714. The van der Waals surface area contributed by atoms with E-state index in [0.717, 1.165) is 10.9 Å². The van der Waals surface area contributed by atoms with Gasteiger partial charge in [0.15, 0.2) is 5.69 Å². The Morgan fingerprint density at radius 1 is 1.52 bits per heavy atom. The summed E-state index contributed by atoms with van der Waals surface area (Å²) in [5.41, 5.74) is 7.81. The predicted octanol–water partition coefficient (Wildman–Crippen LogP) is 1.59. The molecule has 0 saturated carbocycles. The smallest absolute Gasteiger partial charge is 0.357 e. The Kier molecular flexibility index (Phi) is 2.84. The lowest BCUT2D eigenvalue weighted by Gasteiger charge is -2.08. The number of fused-ring (bicyclic) bond motifs is 1. The number of anilines is 1. The number of rotatable bonds is 2. The maximum atomic E-state index is 11.9. The van der Waals surface area contributed by atoms with Crippen LogP contribution in [0.25, 0.3) is 16.6 Å². The Morgan fingerprint density at radius 3 is 3.05 bits per heavy atom. The maximum Gasteiger partial charge on any atom is 0.357 e. The van der Waals surface area contributed by atoms with E-state index in [9.17, 15) is 4.79 Å². The number of benzene rings is 1. The number of nitrogens with zero attached hydrogens (tertiary/aromatic N) is 3. The van der Waals surface area contributed by atoms with Gasteiger partial charge < -0.3 is 15.0 Å². The summed E-state index contributed by atoms with van der Waals surface area (Å²) in [4.78, 5) is 11.9. The van der Waals surface area contributed by atoms with Crippen LogP contribution in [0.1, 0.15) is 16.1 Å². The molecule has 0 saturated heterocycles. The van der Waals surface area contributed by atoms with Gasteiger partial charge in [0.1, 0.15) is 6.07 Å². The first-order valence-electron chi connectivity index (χ1n) is 6.08. The average Bonchev–Trinajstić information content (AvgIpc) is 3.09. The fourth-order valence-corrected chi connectivity index (χ4v) is 2.19. The molecule has 0 aliphatic heterocycles. The zero-order valence-corrected chi connectivity index (χ0v) is 11.1. The third-order valence-electron chi connectivity index (χ3n) is 3.25. The first-order chi connectivity index (χ1) is 10.2. The highest BCUT2D eigenvalue weighted by atomic mass is 16.5. The normalized spacial score (nSPS) is 10.5. The molecule has 0 atom stereocenters. The lowest BCUT2D eigenvalue weighted by Crippen LogP contribution is -2.11. The van der Waals surface area contributed by atoms with Crippen molar-refractivity contribution in [3.05, 3.63) is 41.9 Å². The molecule has 0 spiro atoms. The first-order valence-corrected chi connectivity index (χ1v) is 6.08. The molecular weight excluding hydrogens is 270 g/mol. The molecule has 3 aromatic rings. The number of ether oxygens (including phenoxy) is 1. The third kappa shape index (κ3) is 1.90. The number of nitrogens with two attached hydrogens (primary N) is 1. The SMILES string of the molecule is COC(=O)c1c(N)c(C#N)cn1-c1ccc2cn[nH]c2c1. The summed E-state index contributed by atoms with van der Waals surface area (Å²) in [6, 6.07) is 7.45. The number of esters is 1. The van der Waals surface area contributed by atoms with Crippen molar-refractivity contribution in [3.8, 4) is 11.8 Å². The van der Waals surface area contributed by atoms with Crippen LogP contribution in [0.5, 0.6) is 0 Å². The standard InChI is InChI=1S/C14H11N5O2/c1-21-14(20)13-12(16)9(5-15)7-19(13)10-3-2-8-6-17-18-11(8)4-10/h2-4,6-7H,16H2,1H3,(H,17,18). The number of hydrogen-bond acceptors (Lipinski definition) is 5. The van der Waals surface area contributed by atoms with E-state index in [4.69, 9.17) is 15.7 Å². The van der Waals surface area contributed by atoms with Gasteiger partial charge in [-0.15, -0.1) is 0 Å². The molecule has 3 rings (SSSR count). The topological polar surface area (TPSA) is 110 Å². The molecule has 104 valence electrons. The van der Waals surface area contributed by atoms with E-state index in [0.29, 0.717) is 5.69 Å². The van der Waals surface area contributed by atoms with Gasteiger partial charge in [-0.2, -0.15) is 10.4 Å². The van der Waals surface area contributed by atoms with Gasteiger partial charge in [-0.25, -0.2) is 4.79 Å². The number of aromatic nitrogens is 3. The summed E-state index contributed by atoms with van der Waals surface area (Å²) in [7, 11) is 1.27. The lowest BCUT2D eigenvalue weighted by molar-refractivity contribution is 0.0593. The number of carbonyl (C=O) groups excluding carboxylic acids is 1. The van der Waals surface area contributed by atoms with Crippen LogP contribution >= 0.6 is 0 Å². The molecule has 0 radical (unpaired) electrons. The number of methoxy groups -OCH3 is 1. The van der Waals surface area contributed by atoms with Gasteiger partial charge in [0, 0.05) is 17.3 Å². The molecule has 0 bridgehead atoms. The number of nitrogen functional groups attached to an aromatic ring is 1. The molecule has 1 aromatic carbocycles. The van der Waals surface area contributed by atoms with Crippen LogP contribution in [0.2, 0.25) is 0 Å². The molecule has 0 unspecified atom stereocenters. The van der Waals surface area contributed by atoms with Crippen LogP contribution in [0.3, 0.4) is 0 Å². The molecule has 0 aliphatic rings. The minimum Gasteiger partial charge on any atom is -0.464 e. The summed E-state index contributed by atoms with van der Waals surface area (Å²) < 4.78 is 6.28. The van der Waals surface area contributed by atoms with Crippen molar-refractivity contribution in [2.45, 2.75) is 0 Å². The van der Waals surface area contributed by atoms with E-state index in [-0.39, 0.29) is 16.9 Å². The molecule has 0 fully saturated rings. The summed E-state index contributed by atoms with van der Waals surface area (Å²) in [6.45, 7) is 0. The second kappa shape index (κ2) is 4.68. The van der Waals surface area contributed by atoms with Gasteiger partial charge in [0.25, 0.3) is 0 Å². The number of H-pyrrole nitrogens is 1. The van der Waals surface area contributed by atoms with E-state index in [1.165, 1.54) is 13.3 Å². The Hall–Kier alpha value is -3.27. The number of carbonyl (C=O) groups is 1. The van der Waals surface area contributed by atoms with Gasteiger partial charge in [-0.1, -0.05) is 0 Å². The largest absolute Gasteiger partial charge is 0.464 e. The molecule has 7 nitrogen and oxygen atoms in total. The zero-order valence-electron chi connectivity index (χ0n) is 11.1. The van der Waals surface area contributed by atoms with Crippen molar-refractivity contribution < 1.29 is 9.53 Å². The highest BCUT2D eigenvalue weighted by molar-refractivity contribution is 5.96. The van der Waals surface area contributed by atoms with Crippen LogP contribution in [-0.4, -0.2) is 27.8 Å². The van der Waals surface area contributed by atoms with Gasteiger partial charge in [-0.3, -0.25) is 5.10 Å². The molecule has 2 aromatic heterocycles. The maximum absolute atomic E-state index is 11.9. The Labute approximate surface area is 119 Å². The molecule has 3 N–H and O–H groups in total. The zero-order chi connectivity index (χ0) is 15.0. The molecular formula is C14H11N5O2. The van der Waals surface area contributed by atoms with Crippen LogP contribution in [0.4, 0.5) is 5.69 Å². The van der Waals surface area contributed by atoms with Gasteiger partial charge in [0.2, 0.25) is 0 Å². The average molecular weight is 281 g/mol. The van der Waals surface area contributed by atoms with Crippen molar-refractivity contribution in [2.24, 2.45) is 0 Å².